The largest absolute Gasteiger partial charge is 0.490 e. The number of hydrazone groups is 1. The van der Waals surface area contributed by atoms with Gasteiger partial charge in [-0.2, -0.15) is 10.2 Å². The fourth-order valence-electron chi connectivity index (χ4n) is 3.06. The van der Waals surface area contributed by atoms with Gasteiger partial charge >= 0.3 is 0 Å². The van der Waals surface area contributed by atoms with Crippen molar-refractivity contribution in [2.75, 3.05) is 6.61 Å². The zero-order valence-corrected chi connectivity index (χ0v) is 23.3. The van der Waals surface area contributed by atoms with Gasteiger partial charge in [-0.05, 0) is 82.5 Å². The molecule has 0 spiro atoms. The van der Waals surface area contributed by atoms with Crippen LogP contribution in [-0.2, 0) is 17.9 Å². The second-order valence-corrected chi connectivity index (χ2v) is 9.65. The lowest BCUT2D eigenvalue weighted by atomic mass is 10.2. The Morgan fingerprint density at radius 1 is 1.21 bits per heavy atom. The van der Waals surface area contributed by atoms with E-state index in [2.05, 4.69) is 47.5 Å². The van der Waals surface area contributed by atoms with Gasteiger partial charge in [0.1, 0.15) is 13.2 Å². The smallest absolute Gasteiger partial charge is 0.261 e. The second kappa shape index (κ2) is 12.1. The lowest BCUT2D eigenvalue weighted by molar-refractivity contribution is -0.121. The van der Waals surface area contributed by atoms with Gasteiger partial charge in [0.05, 0.1) is 33.2 Å². The first-order valence-electron chi connectivity index (χ1n) is 10.2. The summed E-state index contributed by atoms with van der Waals surface area (Å²) >= 11 is 19.5. The van der Waals surface area contributed by atoms with Crippen LogP contribution in [0, 0.1) is 13.8 Å². The van der Waals surface area contributed by atoms with Crippen molar-refractivity contribution >= 4 is 67.2 Å². The molecule has 1 amide bonds. The first-order chi connectivity index (χ1) is 16.2. The number of benzene rings is 2. The number of hydrogen-bond acceptors (Lipinski definition) is 5. The minimum Gasteiger partial charge on any atom is -0.490 e. The summed E-state index contributed by atoms with van der Waals surface area (Å²) in [4.78, 5) is 12.3. The zero-order chi connectivity index (χ0) is 24.8. The van der Waals surface area contributed by atoms with Crippen LogP contribution in [0.4, 0.5) is 0 Å². The molecule has 1 aromatic heterocycles. The topological polar surface area (TPSA) is 77.7 Å². The summed E-state index contributed by atoms with van der Waals surface area (Å²) in [6.45, 7) is 6.29. The van der Waals surface area contributed by atoms with Crippen LogP contribution in [0.1, 0.15) is 29.4 Å². The Kier molecular flexibility index (Phi) is 9.41. The summed E-state index contributed by atoms with van der Waals surface area (Å²) in [6.07, 6.45) is 1.52. The molecule has 0 atom stereocenters. The molecule has 34 heavy (non-hydrogen) atoms. The minimum absolute atomic E-state index is 0.0564. The average Bonchev–Trinajstić information content (AvgIpc) is 3.01. The molecule has 0 unspecified atom stereocenters. The molecule has 7 nitrogen and oxygen atoms in total. The van der Waals surface area contributed by atoms with Gasteiger partial charge in [-0.25, -0.2) is 5.43 Å². The third-order valence-corrected chi connectivity index (χ3v) is 7.19. The van der Waals surface area contributed by atoms with Crippen LogP contribution in [0.2, 0.25) is 10.0 Å². The highest BCUT2D eigenvalue weighted by Crippen LogP contribution is 2.38. The van der Waals surface area contributed by atoms with E-state index in [0.29, 0.717) is 43.8 Å². The lowest BCUT2D eigenvalue weighted by Gasteiger charge is -2.15. The van der Waals surface area contributed by atoms with Crippen molar-refractivity contribution in [3.63, 3.8) is 0 Å². The fraction of sp³-hybridized carbons (Fsp3) is 0.261. The van der Waals surface area contributed by atoms with Crippen LogP contribution in [0.15, 0.2) is 44.4 Å². The number of amides is 1. The third-order valence-electron chi connectivity index (χ3n) is 4.74. The summed E-state index contributed by atoms with van der Waals surface area (Å²) in [5, 5.41) is 9.42. The van der Waals surface area contributed by atoms with E-state index in [0.717, 1.165) is 15.9 Å². The highest BCUT2D eigenvalue weighted by Gasteiger charge is 2.15. The molecule has 1 N–H and O–H groups in total. The monoisotopic (exact) mass is 630 g/mol. The van der Waals surface area contributed by atoms with Crippen LogP contribution in [0.5, 0.6) is 11.5 Å². The minimum atomic E-state index is -0.296. The van der Waals surface area contributed by atoms with Crippen LogP contribution in [0.25, 0.3) is 0 Å². The van der Waals surface area contributed by atoms with Crippen molar-refractivity contribution in [3.05, 3.63) is 71.8 Å². The van der Waals surface area contributed by atoms with Gasteiger partial charge < -0.3 is 9.47 Å². The van der Waals surface area contributed by atoms with Gasteiger partial charge in [0, 0.05) is 15.6 Å². The molecular weight excluding hydrogens is 611 g/mol. The van der Waals surface area contributed by atoms with E-state index in [1.54, 1.807) is 35.0 Å². The average molecular weight is 633 g/mol. The molecule has 0 aliphatic rings. The normalized spacial score (nSPS) is 11.1. The van der Waals surface area contributed by atoms with Gasteiger partial charge in [-0.1, -0.05) is 29.3 Å². The highest BCUT2D eigenvalue weighted by atomic mass is 79.9. The molecule has 180 valence electrons. The zero-order valence-electron chi connectivity index (χ0n) is 18.7. The molecule has 2 aromatic carbocycles. The summed E-state index contributed by atoms with van der Waals surface area (Å²) < 4.78 is 14.9. The number of carbonyl (C=O) groups is 1. The van der Waals surface area contributed by atoms with Crippen molar-refractivity contribution in [2.24, 2.45) is 5.10 Å². The number of hydrogen-bond donors (Lipinski definition) is 1. The maximum absolute atomic E-state index is 12.3. The number of nitrogens with one attached hydrogen (secondary N) is 1. The van der Waals surface area contributed by atoms with E-state index in [4.69, 9.17) is 32.7 Å². The molecule has 3 rings (SSSR count). The molecule has 11 heteroatoms. The molecule has 0 saturated carbocycles. The van der Waals surface area contributed by atoms with Crippen molar-refractivity contribution in [1.29, 1.82) is 0 Å². The quantitative estimate of drug-likeness (QED) is 0.217. The fourth-order valence-corrected chi connectivity index (χ4v) is 4.42. The maximum Gasteiger partial charge on any atom is 0.261 e. The summed E-state index contributed by atoms with van der Waals surface area (Å²) in [5.74, 6) is 0.726. The van der Waals surface area contributed by atoms with Crippen LogP contribution < -0.4 is 14.9 Å². The third kappa shape index (κ3) is 6.53. The van der Waals surface area contributed by atoms with Gasteiger partial charge in [-0.15, -0.1) is 0 Å². The number of halogens is 4. The Morgan fingerprint density at radius 2 is 1.91 bits per heavy atom. The lowest BCUT2D eigenvalue weighted by Crippen LogP contribution is -2.24. The van der Waals surface area contributed by atoms with Gasteiger partial charge in [0.2, 0.25) is 0 Å². The Bertz CT molecular complexity index is 1210. The van der Waals surface area contributed by atoms with Crippen LogP contribution in [0.3, 0.4) is 0 Å². The Hall–Kier alpha value is -2.07. The number of ether oxygens (including phenoxy) is 2. The van der Waals surface area contributed by atoms with Crippen molar-refractivity contribution in [2.45, 2.75) is 33.9 Å². The number of aromatic nitrogens is 2. The number of aryl methyl sites for hydroxylation is 1. The molecular formula is C23H22Br2Cl2N4O3. The first-order valence-corrected chi connectivity index (χ1v) is 12.6. The Labute approximate surface area is 224 Å². The molecule has 0 aliphatic heterocycles. The Morgan fingerprint density at radius 3 is 2.53 bits per heavy atom. The van der Waals surface area contributed by atoms with Crippen molar-refractivity contribution < 1.29 is 14.3 Å². The second-order valence-electron chi connectivity index (χ2n) is 7.19. The predicted octanol–water partition coefficient (Wildman–Crippen LogP) is 6.46. The summed E-state index contributed by atoms with van der Waals surface area (Å²) in [5.41, 5.74) is 5.59. The number of carbonyl (C=O) groups excluding carboxylic acids is 1. The van der Waals surface area contributed by atoms with Gasteiger partial charge in [0.25, 0.3) is 5.91 Å². The standard InChI is InChI=1S/C23H22Br2Cl2N4O3/c1-4-33-20-9-15(10-28-29-21(32)11-31-14(3)22(25)13(2)30-31)8-17(24)23(20)34-12-16-18(26)6-5-7-19(16)27/h5-10H,4,11-12H2,1-3H3,(H,29,32). The van der Waals surface area contributed by atoms with E-state index in [1.165, 1.54) is 6.21 Å². The van der Waals surface area contributed by atoms with E-state index in [9.17, 15) is 4.79 Å². The van der Waals surface area contributed by atoms with Crippen molar-refractivity contribution in [1.82, 2.24) is 15.2 Å². The number of rotatable bonds is 9. The molecule has 0 radical (unpaired) electrons. The van der Waals surface area contributed by atoms with Gasteiger partial charge in [-0.3, -0.25) is 9.48 Å². The molecule has 1 heterocycles. The van der Waals surface area contributed by atoms with Crippen molar-refractivity contribution in [3.8, 4) is 11.5 Å². The van der Waals surface area contributed by atoms with Gasteiger partial charge in [0.15, 0.2) is 11.5 Å². The first kappa shape index (κ1) is 26.5. The van der Waals surface area contributed by atoms with E-state index in [1.807, 2.05) is 20.8 Å². The molecule has 0 bridgehead atoms. The number of nitrogens with zero attached hydrogens (tertiary/aromatic N) is 3. The summed E-state index contributed by atoms with van der Waals surface area (Å²) in [6, 6.07) is 8.86. The van der Waals surface area contributed by atoms with Crippen LogP contribution in [-0.4, -0.2) is 28.5 Å². The molecule has 0 saturated heterocycles. The summed E-state index contributed by atoms with van der Waals surface area (Å²) in [7, 11) is 0. The van der Waals surface area contributed by atoms with Crippen LogP contribution >= 0.6 is 55.1 Å². The Balaban J connectivity index is 1.70. The van der Waals surface area contributed by atoms with E-state index >= 15 is 0 Å². The van der Waals surface area contributed by atoms with E-state index in [-0.39, 0.29) is 19.1 Å². The maximum atomic E-state index is 12.3. The van der Waals surface area contributed by atoms with E-state index < -0.39 is 0 Å². The SMILES string of the molecule is CCOc1cc(C=NNC(=O)Cn2nc(C)c(Br)c2C)cc(Br)c1OCc1c(Cl)cccc1Cl. The molecule has 0 fully saturated rings. The molecule has 0 aliphatic carbocycles. The predicted molar refractivity (Wildman–Crippen MR) is 141 cm³/mol. The highest BCUT2D eigenvalue weighted by molar-refractivity contribution is 9.10. The molecule has 3 aromatic rings.